The van der Waals surface area contributed by atoms with Crippen LogP contribution < -0.4 is 5.73 Å². The van der Waals surface area contributed by atoms with Crippen molar-refractivity contribution in [2.75, 3.05) is 6.54 Å². The summed E-state index contributed by atoms with van der Waals surface area (Å²) in [4.78, 5) is 3.15. The van der Waals surface area contributed by atoms with Gasteiger partial charge in [-0.25, -0.2) is 4.98 Å². The van der Waals surface area contributed by atoms with Crippen molar-refractivity contribution >= 4 is 11.6 Å². The standard InChI is InChI=1S/C9H6ClF3N2/c10-8-5-6(2-1-3-14)4-7(15-8)9(11,12)13/h4-5H,3,14H2. The van der Waals surface area contributed by atoms with Gasteiger partial charge in [0.2, 0.25) is 0 Å². The molecule has 2 N–H and O–H groups in total. The van der Waals surface area contributed by atoms with Gasteiger partial charge in [-0.3, -0.25) is 0 Å². The van der Waals surface area contributed by atoms with E-state index in [0.717, 1.165) is 6.07 Å². The molecule has 80 valence electrons. The molecule has 0 radical (unpaired) electrons. The second kappa shape index (κ2) is 4.51. The zero-order valence-electron chi connectivity index (χ0n) is 7.40. The molecule has 1 aromatic rings. The molecule has 0 aliphatic carbocycles. The third kappa shape index (κ3) is 3.42. The maximum Gasteiger partial charge on any atom is 0.433 e. The van der Waals surface area contributed by atoms with Crippen LogP contribution >= 0.6 is 11.6 Å². The Balaban J connectivity index is 3.17. The average Bonchev–Trinajstić information content (AvgIpc) is 2.12. The topological polar surface area (TPSA) is 38.9 Å². The second-order valence-corrected chi connectivity index (χ2v) is 2.95. The van der Waals surface area contributed by atoms with E-state index in [1.807, 2.05) is 0 Å². The Labute approximate surface area is 89.2 Å². The number of hydrogen-bond acceptors (Lipinski definition) is 2. The normalized spacial score (nSPS) is 10.7. The molecule has 0 fully saturated rings. The molecule has 0 saturated carbocycles. The molecule has 15 heavy (non-hydrogen) atoms. The number of hydrogen-bond donors (Lipinski definition) is 1. The molecule has 6 heteroatoms. The van der Waals surface area contributed by atoms with Crippen molar-refractivity contribution in [2.45, 2.75) is 6.18 Å². The van der Waals surface area contributed by atoms with Gasteiger partial charge in [-0.15, -0.1) is 0 Å². The number of rotatable bonds is 0. The van der Waals surface area contributed by atoms with Gasteiger partial charge in [-0.1, -0.05) is 23.4 Å². The highest BCUT2D eigenvalue weighted by Gasteiger charge is 2.33. The van der Waals surface area contributed by atoms with Gasteiger partial charge in [0.05, 0.1) is 6.54 Å². The van der Waals surface area contributed by atoms with Crippen LogP contribution in [0.5, 0.6) is 0 Å². The average molecular weight is 235 g/mol. The zero-order chi connectivity index (χ0) is 11.5. The van der Waals surface area contributed by atoms with E-state index < -0.39 is 11.9 Å². The van der Waals surface area contributed by atoms with Crippen molar-refractivity contribution in [1.82, 2.24) is 4.98 Å². The third-order valence-corrected chi connectivity index (χ3v) is 1.61. The van der Waals surface area contributed by atoms with E-state index in [9.17, 15) is 13.2 Å². The Morgan fingerprint density at radius 1 is 1.40 bits per heavy atom. The van der Waals surface area contributed by atoms with E-state index in [1.165, 1.54) is 6.07 Å². The smallest absolute Gasteiger partial charge is 0.320 e. The fourth-order valence-electron chi connectivity index (χ4n) is 0.867. The van der Waals surface area contributed by atoms with Crippen LogP contribution in [0, 0.1) is 11.8 Å². The molecule has 1 aromatic heterocycles. The summed E-state index contributed by atoms with van der Waals surface area (Å²) in [5.74, 6) is 4.89. The molecule has 2 nitrogen and oxygen atoms in total. The Morgan fingerprint density at radius 2 is 2.07 bits per heavy atom. The molecule has 0 amide bonds. The monoisotopic (exact) mass is 234 g/mol. The molecule has 1 heterocycles. The summed E-state index contributed by atoms with van der Waals surface area (Å²) in [5, 5.41) is -0.244. The summed E-state index contributed by atoms with van der Waals surface area (Å²) < 4.78 is 36.8. The lowest BCUT2D eigenvalue weighted by molar-refractivity contribution is -0.141. The van der Waals surface area contributed by atoms with Crippen molar-refractivity contribution in [3.8, 4) is 11.8 Å². The molecule has 1 rings (SSSR count). The maximum absolute atomic E-state index is 12.3. The summed E-state index contributed by atoms with van der Waals surface area (Å²) in [7, 11) is 0. The molecule has 0 atom stereocenters. The summed E-state index contributed by atoms with van der Waals surface area (Å²) in [6.45, 7) is 0.0707. The molecule has 0 aliphatic rings. The van der Waals surface area contributed by atoms with Gasteiger partial charge in [0.25, 0.3) is 0 Å². The molecule has 0 aromatic carbocycles. The van der Waals surface area contributed by atoms with Crippen molar-refractivity contribution < 1.29 is 13.2 Å². The van der Waals surface area contributed by atoms with Crippen molar-refractivity contribution in [2.24, 2.45) is 5.73 Å². The quantitative estimate of drug-likeness (QED) is 0.551. The van der Waals surface area contributed by atoms with Gasteiger partial charge >= 0.3 is 6.18 Å². The number of halogens is 4. The highest BCUT2D eigenvalue weighted by Crippen LogP contribution is 2.29. The van der Waals surface area contributed by atoms with Gasteiger partial charge in [0.1, 0.15) is 10.8 Å². The summed E-state index contributed by atoms with van der Waals surface area (Å²) in [6.07, 6.45) is -4.52. The van der Waals surface area contributed by atoms with Crippen LogP contribution in [0.1, 0.15) is 11.3 Å². The summed E-state index contributed by atoms with van der Waals surface area (Å²) in [6, 6.07) is 2.08. The van der Waals surface area contributed by atoms with E-state index in [4.69, 9.17) is 17.3 Å². The Hall–Kier alpha value is -1.25. The van der Waals surface area contributed by atoms with Crippen LogP contribution in [-0.2, 0) is 6.18 Å². The minimum atomic E-state index is -4.52. The molecule has 0 bridgehead atoms. The fraction of sp³-hybridized carbons (Fsp3) is 0.222. The summed E-state index contributed by atoms with van der Waals surface area (Å²) >= 11 is 5.42. The number of nitrogens with two attached hydrogens (primary N) is 1. The van der Waals surface area contributed by atoms with Crippen molar-refractivity contribution in [3.63, 3.8) is 0 Å². The van der Waals surface area contributed by atoms with Gasteiger partial charge in [-0.05, 0) is 12.1 Å². The Kier molecular flexibility index (Phi) is 3.56. The van der Waals surface area contributed by atoms with Crippen LogP contribution in [-0.4, -0.2) is 11.5 Å². The Bertz CT molecular complexity index is 418. The first-order valence-corrected chi connectivity index (χ1v) is 4.25. The van der Waals surface area contributed by atoms with Crippen molar-refractivity contribution in [3.05, 3.63) is 28.5 Å². The number of nitrogens with zero attached hydrogens (tertiary/aromatic N) is 1. The van der Waals surface area contributed by atoms with Crippen LogP contribution in [0.4, 0.5) is 13.2 Å². The van der Waals surface area contributed by atoms with E-state index in [0.29, 0.717) is 0 Å². The first kappa shape index (κ1) is 11.8. The first-order chi connectivity index (χ1) is 6.93. The van der Waals surface area contributed by atoms with Gasteiger partial charge in [0, 0.05) is 5.56 Å². The molecule has 0 unspecified atom stereocenters. The van der Waals surface area contributed by atoms with E-state index >= 15 is 0 Å². The molecule has 0 aliphatic heterocycles. The number of pyridine rings is 1. The lowest BCUT2D eigenvalue weighted by Gasteiger charge is -2.05. The minimum Gasteiger partial charge on any atom is -0.320 e. The number of aromatic nitrogens is 1. The highest BCUT2D eigenvalue weighted by molar-refractivity contribution is 6.29. The Morgan fingerprint density at radius 3 is 2.60 bits per heavy atom. The van der Waals surface area contributed by atoms with E-state index in [1.54, 1.807) is 0 Å². The second-order valence-electron chi connectivity index (χ2n) is 2.57. The van der Waals surface area contributed by atoms with Gasteiger partial charge in [0.15, 0.2) is 0 Å². The maximum atomic E-state index is 12.3. The largest absolute Gasteiger partial charge is 0.433 e. The zero-order valence-corrected chi connectivity index (χ0v) is 8.15. The van der Waals surface area contributed by atoms with E-state index in [2.05, 4.69) is 16.8 Å². The predicted octanol–water partition coefficient (Wildman–Crippen LogP) is 2.06. The van der Waals surface area contributed by atoms with Crippen LogP contribution in [0.2, 0.25) is 5.15 Å². The third-order valence-electron chi connectivity index (χ3n) is 1.42. The predicted molar refractivity (Wildman–Crippen MR) is 50.2 cm³/mol. The molecular weight excluding hydrogens is 229 g/mol. The van der Waals surface area contributed by atoms with Crippen LogP contribution in [0.25, 0.3) is 0 Å². The SMILES string of the molecule is NCC#Cc1cc(Cl)nc(C(F)(F)F)c1. The fourth-order valence-corrected chi connectivity index (χ4v) is 1.08. The van der Waals surface area contributed by atoms with Crippen LogP contribution in [0.15, 0.2) is 12.1 Å². The summed E-state index contributed by atoms with van der Waals surface area (Å²) in [5.41, 5.74) is 4.18. The minimum absolute atomic E-state index is 0.0707. The first-order valence-electron chi connectivity index (χ1n) is 3.87. The number of alkyl halides is 3. The lowest BCUT2D eigenvalue weighted by Crippen LogP contribution is -2.08. The van der Waals surface area contributed by atoms with Crippen molar-refractivity contribution in [1.29, 1.82) is 0 Å². The molecular formula is C9H6ClF3N2. The lowest BCUT2D eigenvalue weighted by atomic mass is 10.2. The van der Waals surface area contributed by atoms with Gasteiger partial charge < -0.3 is 5.73 Å². The van der Waals surface area contributed by atoms with Crippen LogP contribution in [0.3, 0.4) is 0 Å². The highest BCUT2D eigenvalue weighted by atomic mass is 35.5. The van der Waals surface area contributed by atoms with Gasteiger partial charge in [-0.2, -0.15) is 13.2 Å². The van der Waals surface area contributed by atoms with E-state index in [-0.39, 0.29) is 17.3 Å². The molecule has 0 spiro atoms. The molecule has 0 saturated heterocycles.